The van der Waals surface area contributed by atoms with E-state index in [0.717, 1.165) is 12.1 Å². The molecular formula is C16H16F3N3O2. The second-order valence-corrected chi connectivity index (χ2v) is 5.63. The molecule has 2 heterocycles. The predicted octanol–water partition coefficient (Wildman–Crippen LogP) is 2.51. The lowest BCUT2D eigenvalue weighted by molar-refractivity contribution is -0.137. The van der Waals surface area contributed by atoms with E-state index in [1.807, 2.05) is 0 Å². The molecule has 5 nitrogen and oxygen atoms in total. The van der Waals surface area contributed by atoms with Gasteiger partial charge in [-0.1, -0.05) is 18.2 Å². The first-order valence-corrected chi connectivity index (χ1v) is 7.49. The number of benzene rings is 1. The minimum absolute atomic E-state index is 0.166. The fourth-order valence-corrected chi connectivity index (χ4v) is 2.72. The van der Waals surface area contributed by atoms with Crippen molar-refractivity contribution >= 4 is 5.91 Å². The van der Waals surface area contributed by atoms with E-state index < -0.39 is 11.7 Å². The lowest BCUT2D eigenvalue weighted by Gasteiger charge is -2.33. The van der Waals surface area contributed by atoms with Crippen molar-refractivity contribution in [3.8, 4) is 0 Å². The smallest absolute Gasteiger partial charge is 0.374 e. The average molecular weight is 339 g/mol. The number of ether oxygens (including phenoxy) is 1. The predicted molar refractivity (Wildman–Crippen MR) is 79.4 cm³/mol. The summed E-state index contributed by atoms with van der Waals surface area (Å²) in [6.07, 6.45) is -1.43. The summed E-state index contributed by atoms with van der Waals surface area (Å²) >= 11 is 0. The van der Waals surface area contributed by atoms with Gasteiger partial charge in [0.05, 0.1) is 30.0 Å². The molecule has 1 fully saturated rings. The van der Waals surface area contributed by atoms with Crippen LogP contribution in [0, 0.1) is 0 Å². The van der Waals surface area contributed by atoms with Crippen LogP contribution in [0.15, 0.2) is 36.7 Å². The number of halogens is 3. The largest absolute Gasteiger partial charge is 0.416 e. The molecule has 1 N–H and O–H groups in total. The molecule has 8 heteroatoms. The van der Waals surface area contributed by atoms with Gasteiger partial charge in [0.2, 0.25) is 0 Å². The van der Waals surface area contributed by atoms with Crippen LogP contribution in [0.25, 0.3) is 0 Å². The molecule has 0 aliphatic carbocycles. The molecule has 1 aliphatic rings. The number of nitrogens with one attached hydrogen (secondary N) is 1. The van der Waals surface area contributed by atoms with Crippen molar-refractivity contribution in [2.45, 2.75) is 18.7 Å². The van der Waals surface area contributed by atoms with Gasteiger partial charge in [0.1, 0.15) is 0 Å². The van der Waals surface area contributed by atoms with Gasteiger partial charge < -0.3 is 9.64 Å². The number of H-pyrrole nitrogens is 1. The summed E-state index contributed by atoms with van der Waals surface area (Å²) in [5, 5.41) is 6.33. The highest BCUT2D eigenvalue weighted by Gasteiger charge is 2.31. The Balaban J connectivity index is 1.67. The van der Waals surface area contributed by atoms with Gasteiger partial charge in [0.25, 0.3) is 5.91 Å². The minimum Gasteiger partial charge on any atom is -0.374 e. The summed E-state index contributed by atoms with van der Waals surface area (Å²) in [4.78, 5) is 13.9. The molecule has 0 bridgehead atoms. The van der Waals surface area contributed by atoms with Crippen LogP contribution >= 0.6 is 0 Å². The average Bonchev–Trinajstić information content (AvgIpc) is 3.08. The summed E-state index contributed by atoms with van der Waals surface area (Å²) in [5.74, 6) is -0.166. The molecule has 0 unspecified atom stereocenters. The van der Waals surface area contributed by atoms with Gasteiger partial charge in [-0.05, 0) is 11.6 Å². The van der Waals surface area contributed by atoms with E-state index in [9.17, 15) is 18.0 Å². The molecule has 1 aliphatic heterocycles. The molecule has 0 saturated carbocycles. The molecular weight excluding hydrogens is 323 g/mol. The monoisotopic (exact) mass is 339 g/mol. The number of amides is 1. The number of aromatic nitrogens is 2. The summed E-state index contributed by atoms with van der Waals surface area (Å²) in [6.45, 7) is 1.14. The third-order valence-electron chi connectivity index (χ3n) is 3.89. The molecule has 1 atom stereocenters. The third-order valence-corrected chi connectivity index (χ3v) is 3.89. The standard InChI is InChI=1S/C16H16F3N3O2/c17-16(18,19)13-3-1-2-11(6-13)7-14-10-22(4-5-24-14)15(23)12-8-20-21-9-12/h1-3,6,8-9,14H,4-5,7,10H2,(H,20,21)/t14-/m0/s1. The van der Waals surface area contributed by atoms with E-state index in [-0.39, 0.29) is 12.0 Å². The van der Waals surface area contributed by atoms with Crippen molar-refractivity contribution in [1.82, 2.24) is 15.1 Å². The Kier molecular flexibility index (Phi) is 4.57. The number of aromatic amines is 1. The topological polar surface area (TPSA) is 58.2 Å². The summed E-state index contributed by atoms with van der Waals surface area (Å²) < 4.78 is 43.9. The number of nitrogens with zero attached hydrogens (tertiary/aromatic N) is 2. The second-order valence-electron chi connectivity index (χ2n) is 5.63. The van der Waals surface area contributed by atoms with Crippen molar-refractivity contribution in [2.75, 3.05) is 19.7 Å². The van der Waals surface area contributed by atoms with Crippen molar-refractivity contribution < 1.29 is 22.7 Å². The first-order chi connectivity index (χ1) is 11.4. The van der Waals surface area contributed by atoms with E-state index in [0.29, 0.717) is 37.2 Å². The van der Waals surface area contributed by atoms with Crippen LogP contribution in [0.3, 0.4) is 0 Å². The Morgan fingerprint density at radius 3 is 2.96 bits per heavy atom. The lowest BCUT2D eigenvalue weighted by atomic mass is 10.0. The van der Waals surface area contributed by atoms with Gasteiger partial charge in [0, 0.05) is 25.7 Å². The number of carbonyl (C=O) groups excluding carboxylic acids is 1. The van der Waals surface area contributed by atoms with Crippen LogP contribution in [-0.4, -0.2) is 46.8 Å². The van der Waals surface area contributed by atoms with Gasteiger partial charge in [-0.15, -0.1) is 0 Å². The molecule has 0 radical (unpaired) electrons. The van der Waals surface area contributed by atoms with Gasteiger partial charge in [-0.2, -0.15) is 18.3 Å². The molecule has 1 amide bonds. The highest BCUT2D eigenvalue weighted by atomic mass is 19.4. The first-order valence-electron chi connectivity index (χ1n) is 7.49. The molecule has 1 aromatic heterocycles. The number of morpholine rings is 1. The van der Waals surface area contributed by atoms with Gasteiger partial charge >= 0.3 is 6.18 Å². The number of alkyl halides is 3. The zero-order chi connectivity index (χ0) is 17.2. The van der Waals surface area contributed by atoms with Crippen LogP contribution in [0.4, 0.5) is 13.2 Å². The molecule has 1 saturated heterocycles. The second kappa shape index (κ2) is 6.64. The van der Waals surface area contributed by atoms with E-state index in [1.54, 1.807) is 11.0 Å². The van der Waals surface area contributed by atoms with Crippen LogP contribution in [0.1, 0.15) is 21.5 Å². The van der Waals surface area contributed by atoms with Crippen LogP contribution in [0.2, 0.25) is 0 Å². The molecule has 3 rings (SSSR count). The summed E-state index contributed by atoms with van der Waals surface area (Å²) in [6, 6.07) is 5.19. The fraction of sp³-hybridized carbons (Fsp3) is 0.375. The Labute approximate surface area is 136 Å². The molecule has 1 aromatic carbocycles. The normalized spacial score (nSPS) is 18.6. The van der Waals surface area contributed by atoms with Crippen LogP contribution in [0.5, 0.6) is 0 Å². The van der Waals surface area contributed by atoms with Gasteiger partial charge in [0.15, 0.2) is 0 Å². The lowest BCUT2D eigenvalue weighted by Crippen LogP contribution is -2.46. The molecule has 128 valence electrons. The summed E-state index contributed by atoms with van der Waals surface area (Å²) in [5.41, 5.74) is 0.310. The Morgan fingerprint density at radius 1 is 1.42 bits per heavy atom. The van der Waals surface area contributed by atoms with E-state index in [1.165, 1.54) is 18.5 Å². The van der Waals surface area contributed by atoms with Crippen molar-refractivity contribution in [3.63, 3.8) is 0 Å². The third kappa shape index (κ3) is 3.76. The number of carbonyl (C=O) groups is 1. The maximum absolute atomic E-state index is 12.8. The SMILES string of the molecule is O=C(c1cn[nH]c1)N1CCO[C@@H](Cc2cccc(C(F)(F)F)c2)C1. The minimum atomic E-state index is -4.37. The van der Waals surface area contributed by atoms with Crippen LogP contribution < -0.4 is 0 Å². The van der Waals surface area contributed by atoms with Gasteiger partial charge in [-0.25, -0.2) is 0 Å². The Bertz CT molecular complexity index is 701. The maximum Gasteiger partial charge on any atom is 0.416 e. The van der Waals surface area contributed by atoms with Gasteiger partial charge in [-0.3, -0.25) is 9.89 Å². The van der Waals surface area contributed by atoms with E-state index in [4.69, 9.17) is 4.74 Å². The molecule has 0 spiro atoms. The molecule has 2 aromatic rings. The van der Waals surface area contributed by atoms with E-state index in [2.05, 4.69) is 10.2 Å². The Morgan fingerprint density at radius 2 is 2.25 bits per heavy atom. The highest BCUT2D eigenvalue weighted by Crippen LogP contribution is 2.30. The quantitative estimate of drug-likeness (QED) is 0.935. The number of hydrogen-bond acceptors (Lipinski definition) is 3. The highest BCUT2D eigenvalue weighted by molar-refractivity contribution is 5.93. The fourth-order valence-electron chi connectivity index (χ4n) is 2.72. The van der Waals surface area contributed by atoms with E-state index >= 15 is 0 Å². The van der Waals surface area contributed by atoms with Crippen LogP contribution in [-0.2, 0) is 17.3 Å². The Hall–Kier alpha value is -2.35. The van der Waals surface area contributed by atoms with Crippen molar-refractivity contribution in [2.24, 2.45) is 0 Å². The maximum atomic E-state index is 12.8. The van der Waals surface area contributed by atoms with Crippen molar-refractivity contribution in [1.29, 1.82) is 0 Å². The zero-order valence-corrected chi connectivity index (χ0v) is 12.7. The van der Waals surface area contributed by atoms with Crippen molar-refractivity contribution in [3.05, 3.63) is 53.3 Å². The summed E-state index contributed by atoms with van der Waals surface area (Å²) in [7, 11) is 0. The first kappa shape index (κ1) is 16.5. The number of rotatable bonds is 3. The zero-order valence-electron chi connectivity index (χ0n) is 12.7. The number of hydrogen-bond donors (Lipinski definition) is 1. The molecule has 24 heavy (non-hydrogen) atoms.